The molecule has 0 aromatic carbocycles. The minimum Gasteiger partial charge on any atom is -0.402 e. The Kier molecular flexibility index (Phi) is 6.19. The van der Waals surface area contributed by atoms with Crippen LogP contribution in [0.1, 0.15) is 33.1 Å². The second-order valence-electron chi connectivity index (χ2n) is 4.64. The largest absolute Gasteiger partial charge is 0.402 e. The first-order chi connectivity index (χ1) is 8.67. The molecule has 1 aliphatic heterocycles. The normalized spacial score (nSPS) is 19.6. The van der Waals surface area contributed by atoms with Gasteiger partial charge in [0, 0.05) is 36.6 Å². The van der Waals surface area contributed by atoms with Gasteiger partial charge in [-0.1, -0.05) is 6.92 Å². The van der Waals surface area contributed by atoms with Crippen LogP contribution in [0, 0.1) is 5.92 Å². The van der Waals surface area contributed by atoms with E-state index in [9.17, 15) is 4.79 Å². The van der Waals surface area contributed by atoms with Gasteiger partial charge in [-0.3, -0.25) is 9.79 Å². The van der Waals surface area contributed by atoms with Crippen molar-refractivity contribution in [1.29, 1.82) is 0 Å². The molecule has 1 aliphatic rings. The van der Waals surface area contributed by atoms with E-state index in [4.69, 9.17) is 5.73 Å². The van der Waals surface area contributed by atoms with Crippen LogP contribution >= 0.6 is 0 Å². The molecule has 0 aliphatic carbocycles. The standard InChI is InChI=1S/C14H23N3O/c1-3-8-16-14(5-4-12(2)15)13-6-9-17(11-18)10-7-13/h4-5,8,11,13H,3,6-7,9-10,15H2,1-2H3/b12-4+,14-5-,16-8+. The summed E-state index contributed by atoms with van der Waals surface area (Å²) in [7, 11) is 0. The van der Waals surface area contributed by atoms with Crippen LogP contribution < -0.4 is 5.73 Å². The molecule has 1 amide bonds. The van der Waals surface area contributed by atoms with E-state index < -0.39 is 0 Å². The van der Waals surface area contributed by atoms with Crippen LogP contribution in [-0.2, 0) is 4.79 Å². The Morgan fingerprint density at radius 3 is 2.56 bits per heavy atom. The third-order valence-corrected chi connectivity index (χ3v) is 3.04. The second kappa shape index (κ2) is 7.69. The average molecular weight is 249 g/mol. The van der Waals surface area contributed by atoms with Crippen LogP contribution in [0.3, 0.4) is 0 Å². The molecule has 0 spiro atoms. The lowest BCUT2D eigenvalue weighted by atomic mass is 9.93. The smallest absolute Gasteiger partial charge is 0.209 e. The number of aliphatic imine (C=N–C) groups is 1. The summed E-state index contributed by atoms with van der Waals surface area (Å²) in [5.41, 5.74) is 7.51. The van der Waals surface area contributed by atoms with Gasteiger partial charge < -0.3 is 10.6 Å². The summed E-state index contributed by atoms with van der Waals surface area (Å²) >= 11 is 0. The van der Waals surface area contributed by atoms with Crippen LogP contribution in [0.5, 0.6) is 0 Å². The van der Waals surface area contributed by atoms with Gasteiger partial charge in [0.15, 0.2) is 0 Å². The molecule has 0 atom stereocenters. The van der Waals surface area contributed by atoms with E-state index in [0.717, 1.165) is 50.2 Å². The minimum absolute atomic E-state index is 0.430. The Morgan fingerprint density at radius 2 is 2.06 bits per heavy atom. The van der Waals surface area contributed by atoms with E-state index in [0.29, 0.717) is 5.92 Å². The fraction of sp³-hybridized carbons (Fsp3) is 0.571. The van der Waals surface area contributed by atoms with Crippen LogP contribution in [0.15, 0.2) is 28.5 Å². The third kappa shape index (κ3) is 4.73. The van der Waals surface area contributed by atoms with Gasteiger partial charge in [0.05, 0.1) is 0 Å². The molecule has 0 saturated carbocycles. The summed E-state index contributed by atoms with van der Waals surface area (Å²) in [6.07, 6.45) is 9.63. The molecule has 0 radical (unpaired) electrons. The molecule has 1 rings (SSSR count). The maximum Gasteiger partial charge on any atom is 0.209 e. The second-order valence-corrected chi connectivity index (χ2v) is 4.64. The highest BCUT2D eigenvalue weighted by Crippen LogP contribution is 2.25. The van der Waals surface area contributed by atoms with Crippen LogP contribution in [0.2, 0.25) is 0 Å². The van der Waals surface area contributed by atoms with Crippen molar-refractivity contribution in [3.63, 3.8) is 0 Å². The molecule has 0 aromatic heterocycles. The number of amides is 1. The zero-order chi connectivity index (χ0) is 13.4. The van der Waals surface area contributed by atoms with Crippen molar-refractivity contribution in [3.8, 4) is 0 Å². The fourth-order valence-corrected chi connectivity index (χ4v) is 2.00. The van der Waals surface area contributed by atoms with Crippen molar-refractivity contribution in [2.45, 2.75) is 33.1 Å². The maximum atomic E-state index is 10.7. The van der Waals surface area contributed by atoms with Gasteiger partial charge >= 0.3 is 0 Å². The monoisotopic (exact) mass is 249 g/mol. The lowest BCUT2D eigenvalue weighted by Gasteiger charge is -2.29. The summed E-state index contributed by atoms with van der Waals surface area (Å²) < 4.78 is 0. The lowest BCUT2D eigenvalue weighted by molar-refractivity contribution is -0.119. The number of likely N-dealkylation sites (tertiary alicyclic amines) is 1. The maximum absolute atomic E-state index is 10.7. The molecule has 0 unspecified atom stereocenters. The molecule has 2 N–H and O–H groups in total. The highest BCUT2D eigenvalue weighted by Gasteiger charge is 2.20. The molecular formula is C14H23N3O. The highest BCUT2D eigenvalue weighted by molar-refractivity contribution is 5.58. The van der Waals surface area contributed by atoms with Gasteiger partial charge in [-0.2, -0.15) is 0 Å². The van der Waals surface area contributed by atoms with E-state index in [1.165, 1.54) is 0 Å². The molecule has 1 saturated heterocycles. The fourth-order valence-electron chi connectivity index (χ4n) is 2.00. The molecule has 1 heterocycles. The Morgan fingerprint density at radius 1 is 1.39 bits per heavy atom. The Bertz CT molecular complexity index is 346. The molecule has 4 nitrogen and oxygen atoms in total. The molecule has 0 aromatic rings. The van der Waals surface area contributed by atoms with Crippen molar-refractivity contribution < 1.29 is 4.79 Å². The number of carbonyl (C=O) groups excluding carboxylic acids is 1. The first kappa shape index (κ1) is 14.5. The van der Waals surface area contributed by atoms with Gasteiger partial charge in [-0.15, -0.1) is 0 Å². The number of piperidine rings is 1. The topological polar surface area (TPSA) is 58.7 Å². The SMILES string of the molecule is CC/C=N/C(=C\C=C(/C)N)C1CCN(C=O)CC1. The van der Waals surface area contributed by atoms with Crippen LogP contribution in [0.25, 0.3) is 0 Å². The predicted octanol–water partition coefficient (Wildman–Crippen LogP) is 2.08. The van der Waals surface area contributed by atoms with Gasteiger partial charge in [0.25, 0.3) is 0 Å². The summed E-state index contributed by atoms with van der Waals surface area (Å²) in [5.74, 6) is 0.430. The van der Waals surface area contributed by atoms with E-state index in [2.05, 4.69) is 11.9 Å². The molecule has 0 bridgehead atoms. The quantitative estimate of drug-likeness (QED) is 0.461. The number of nitrogens with zero attached hydrogens (tertiary/aromatic N) is 2. The first-order valence-corrected chi connectivity index (χ1v) is 6.53. The third-order valence-electron chi connectivity index (χ3n) is 3.04. The predicted molar refractivity (Wildman–Crippen MR) is 75.2 cm³/mol. The highest BCUT2D eigenvalue weighted by atomic mass is 16.1. The van der Waals surface area contributed by atoms with Crippen molar-refractivity contribution in [1.82, 2.24) is 4.90 Å². The van der Waals surface area contributed by atoms with E-state index in [1.807, 2.05) is 30.2 Å². The van der Waals surface area contributed by atoms with Gasteiger partial charge in [0.1, 0.15) is 0 Å². The number of hydrogen-bond donors (Lipinski definition) is 1. The number of carbonyl (C=O) groups is 1. The molecule has 18 heavy (non-hydrogen) atoms. The minimum atomic E-state index is 0.430. The van der Waals surface area contributed by atoms with E-state index in [1.54, 1.807) is 0 Å². The van der Waals surface area contributed by atoms with Crippen molar-refractivity contribution in [2.24, 2.45) is 16.6 Å². The molecular weight excluding hydrogens is 226 g/mol. The Hall–Kier alpha value is -1.58. The van der Waals surface area contributed by atoms with Gasteiger partial charge in [-0.05, 0) is 38.3 Å². The first-order valence-electron chi connectivity index (χ1n) is 6.53. The number of nitrogens with two attached hydrogens (primary N) is 1. The lowest BCUT2D eigenvalue weighted by Crippen LogP contribution is -2.32. The summed E-state index contributed by atoms with van der Waals surface area (Å²) in [6, 6.07) is 0. The summed E-state index contributed by atoms with van der Waals surface area (Å²) in [4.78, 5) is 17.0. The molecule has 100 valence electrons. The number of hydrogen-bond acceptors (Lipinski definition) is 3. The molecule has 4 heteroatoms. The van der Waals surface area contributed by atoms with E-state index in [-0.39, 0.29) is 0 Å². The zero-order valence-corrected chi connectivity index (χ0v) is 11.3. The van der Waals surface area contributed by atoms with Crippen molar-refractivity contribution in [2.75, 3.05) is 13.1 Å². The number of allylic oxidation sites excluding steroid dienone is 4. The zero-order valence-electron chi connectivity index (χ0n) is 11.3. The molecule has 1 fully saturated rings. The number of rotatable bonds is 5. The van der Waals surface area contributed by atoms with Crippen molar-refractivity contribution >= 4 is 12.6 Å². The Labute approximate surface area is 109 Å². The summed E-state index contributed by atoms with van der Waals surface area (Å²) in [6.45, 7) is 5.57. The van der Waals surface area contributed by atoms with Gasteiger partial charge in [-0.25, -0.2) is 0 Å². The average Bonchev–Trinajstić information content (AvgIpc) is 2.39. The van der Waals surface area contributed by atoms with E-state index >= 15 is 0 Å². The van der Waals surface area contributed by atoms with Crippen LogP contribution in [-0.4, -0.2) is 30.6 Å². The van der Waals surface area contributed by atoms with Gasteiger partial charge in [0.2, 0.25) is 6.41 Å². The van der Waals surface area contributed by atoms with Crippen molar-refractivity contribution in [3.05, 3.63) is 23.5 Å². The summed E-state index contributed by atoms with van der Waals surface area (Å²) in [5, 5.41) is 0. The Balaban J connectivity index is 2.72. The van der Waals surface area contributed by atoms with Crippen LogP contribution in [0.4, 0.5) is 0 Å².